The van der Waals surface area contributed by atoms with Gasteiger partial charge in [0, 0.05) is 12.1 Å². The predicted molar refractivity (Wildman–Crippen MR) is 69.8 cm³/mol. The monoisotopic (exact) mass is 258 g/mol. The van der Waals surface area contributed by atoms with Crippen LogP contribution in [0.1, 0.15) is 12.5 Å². The van der Waals surface area contributed by atoms with E-state index in [1.165, 1.54) is 5.56 Å². The third-order valence-electron chi connectivity index (χ3n) is 3.01. The lowest BCUT2D eigenvalue weighted by atomic mass is 10.0. The van der Waals surface area contributed by atoms with Crippen LogP contribution < -0.4 is 5.32 Å². The summed E-state index contributed by atoms with van der Waals surface area (Å²) in [6, 6.07) is 8.10. The number of anilines is 1. The van der Waals surface area contributed by atoms with E-state index in [1.54, 1.807) is 6.92 Å². The normalized spacial score (nSPS) is 12.5. The van der Waals surface area contributed by atoms with E-state index in [0.717, 1.165) is 24.4 Å². The van der Waals surface area contributed by atoms with Gasteiger partial charge in [0.2, 0.25) is 0 Å². The first-order chi connectivity index (χ1) is 9.28. The molecule has 98 valence electrons. The van der Waals surface area contributed by atoms with Gasteiger partial charge < -0.3 is 4.74 Å². The second-order valence-electron chi connectivity index (χ2n) is 4.23. The Balaban J connectivity index is 1.90. The number of fused-ring (bicyclic) bond motifs is 3. The molecule has 2 aromatic rings. The Labute approximate surface area is 110 Å². The average molecular weight is 258 g/mol. The topological polar surface area (TPSA) is 69.0 Å². The van der Waals surface area contributed by atoms with E-state index < -0.39 is 6.09 Å². The van der Waals surface area contributed by atoms with E-state index in [4.69, 9.17) is 4.74 Å². The minimum absolute atomic E-state index is 0.283. The van der Waals surface area contributed by atoms with Crippen LogP contribution in [0.4, 0.5) is 10.7 Å². The lowest BCUT2D eigenvalue weighted by Gasteiger charge is -2.15. The number of aromatic nitrogens is 3. The van der Waals surface area contributed by atoms with Crippen molar-refractivity contribution in [1.82, 2.24) is 14.8 Å². The van der Waals surface area contributed by atoms with Crippen molar-refractivity contribution in [3.05, 3.63) is 29.8 Å². The summed E-state index contributed by atoms with van der Waals surface area (Å²) >= 11 is 0. The minimum Gasteiger partial charge on any atom is -0.450 e. The molecule has 0 aliphatic carbocycles. The molecule has 1 aliphatic rings. The van der Waals surface area contributed by atoms with Crippen molar-refractivity contribution in [2.24, 2.45) is 0 Å². The van der Waals surface area contributed by atoms with Gasteiger partial charge in [0.25, 0.3) is 5.95 Å². The highest BCUT2D eigenvalue weighted by Crippen LogP contribution is 2.28. The number of ether oxygens (including phenoxy) is 1. The predicted octanol–water partition coefficient (Wildman–Crippen LogP) is 2.07. The van der Waals surface area contributed by atoms with E-state index in [9.17, 15) is 4.79 Å². The van der Waals surface area contributed by atoms with Crippen molar-refractivity contribution >= 4 is 12.0 Å². The molecule has 0 radical (unpaired) electrons. The van der Waals surface area contributed by atoms with Gasteiger partial charge in [-0.2, -0.15) is 4.98 Å². The van der Waals surface area contributed by atoms with Crippen molar-refractivity contribution < 1.29 is 9.53 Å². The zero-order valence-electron chi connectivity index (χ0n) is 10.6. The first-order valence-corrected chi connectivity index (χ1v) is 6.25. The minimum atomic E-state index is -0.529. The van der Waals surface area contributed by atoms with Gasteiger partial charge in [-0.15, -0.1) is 5.10 Å². The molecule has 6 heteroatoms. The van der Waals surface area contributed by atoms with Crippen LogP contribution in [0.5, 0.6) is 0 Å². The maximum atomic E-state index is 11.3. The zero-order valence-corrected chi connectivity index (χ0v) is 10.6. The number of benzene rings is 1. The lowest BCUT2D eigenvalue weighted by molar-refractivity contribution is 0.167. The number of nitrogens with one attached hydrogen (secondary N) is 1. The van der Waals surface area contributed by atoms with Crippen molar-refractivity contribution in [2.45, 2.75) is 19.9 Å². The van der Waals surface area contributed by atoms with E-state index in [-0.39, 0.29) is 5.95 Å². The third kappa shape index (κ3) is 2.16. The molecule has 3 rings (SSSR count). The highest BCUT2D eigenvalue weighted by atomic mass is 16.5. The van der Waals surface area contributed by atoms with E-state index >= 15 is 0 Å². The second-order valence-corrected chi connectivity index (χ2v) is 4.23. The third-order valence-corrected chi connectivity index (χ3v) is 3.01. The van der Waals surface area contributed by atoms with Crippen molar-refractivity contribution in [2.75, 3.05) is 11.9 Å². The SMILES string of the molecule is CCOC(=O)Nc1nc2n(n1)CCc1ccccc1-2. The molecular formula is C13H14N4O2. The number of carbonyl (C=O) groups excluding carboxylic acids is 1. The number of hydrogen-bond donors (Lipinski definition) is 1. The van der Waals surface area contributed by atoms with Gasteiger partial charge in [-0.1, -0.05) is 24.3 Å². The van der Waals surface area contributed by atoms with Gasteiger partial charge in [0.15, 0.2) is 5.82 Å². The van der Waals surface area contributed by atoms with Crippen molar-refractivity contribution in [3.63, 3.8) is 0 Å². The zero-order chi connectivity index (χ0) is 13.2. The van der Waals surface area contributed by atoms with Crippen LogP contribution in [0, 0.1) is 0 Å². The molecule has 1 amide bonds. The summed E-state index contributed by atoms with van der Waals surface area (Å²) in [5, 5.41) is 6.79. The van der Waals surface area contributed by atoms with Crippen LogP contribution in [-0.2, 0) is 17.7 Å². The summed E-state index contributed by atoms with van der Waals surface area (Å²) in [6.07, 6.45) is 0.393. The largest absolute Gasteiger partial charge is 0.450 e. The number of carbonyl (C=O) groups is 1. The Kier molecular flexibility index (Phi) is 2.91. The van der Waals surface area contributed by atoms with Crippen LogP contribution in [0.2, 0.25) is 0 Å². The van der Waals surface area contributed by atoms with Crippen LogP contribution in [0.3, 0.4) is 0 Å². The van der Waals surface area contributed by atoms with Gasteiger partial charge in [0.05, 0.1) is 6.61 Å². The Bertz CT molecular complexity index is 621. The fourth-order valence-electron chi connectivity index (χ4n) is 2.19. The summed E-state index contributed by atoms with van der Waals surface area (Å²) in [4.78, 5) is 15.7. The molecule has 19 heavy (non-hydrogen) atoms. The molecule has 1 N–H and O–H groups in total. The molecule has 1 aromatic carbocycles. The Morgan fingerprint density at radius 3 is 3.16 bits per heavy atom. The van der Waals surface area contributed by atoms with Crippen molar-refractivity contribution in [3.8, 4) is 11.4 Å². The molecule has 0 saturated heterocycles. The summed E-state index contributed by atoms with van der Waals surface area (Å²) in [6.45, 7) is 2.84. The molecule has 0 bridgehead atoms. The number of hydrogen-bond acceptors (Lipinski definition) is 4. The van der Waals surface area contributed by atoms with E-state index in [0.29, 0.717) is 6.61 Å². The fraction of sp³-hybridized carbons (Fsp3) is 0.308. The summed E-state index contributed by atoms with van der Waals surface area (Å²) in [5.74, 6) is 1.07. The second kappa shape index (κ2) is 4.72. The number of amides is 1. The van der Waals surface area contributed by atoms with E-state index in [1.807, 2.05) is 22.9 Å². The molecule has 0 spiro atoms. The Morgan fingerprint density at radius 2 is 2.32 bits per heavy atom. The maximum Gasteiger partial charge on any atom is 0.414 e. The molecular weight excluding hydrogens is 244 g/mol. The van der Waals surface area contributed by atoms with Gasteiger partial charge in [-0.05, 0) is 18.9 Å². The first-order valence-electron chi connectivity index (χ1n) is 6.25. The standard InChI is InChI=1S/C13H14N4O2/c1-2-19-13(18)15-12-14-11-10-6-4-3-5-9(10)7-8-17(11)16-12/h3-6H,2,7-8H2,1H3,(H,15,16,18). The van der Waals surface area contributed by atoms with Gasteiger partial charge in [-0.3, -0.25) is 5.32 Å². The van der Waals surface area contributed by atoms with Crippen LogP contribution in [0.15, 0.2) is 24.3 Å². The first kappa shape index (κ1) is 11.7. The molecule has 0 saturated carbocycles. The quantitative estimate of drug-likeness (QED) is 0.895. The molecule has 1 aromatic heterocycles. The highest BCUT2D eigenvalue weighted by molar-refractivity contribution is 5.82. The Hall–Kier alpha value is -2.37. The summed E-state index contributed by atoms with van der Waals surface area (Å²) < 4.78 is 6.62. The van der Waals surface area contributed by atoms with Crippen LogP contribution in [0.25, 0.3) is 11.4 Å². The van der Waals surface area contributed by atoms with Crippen LogP contribution >= 0.6 is 0 Å². The molecule has 0 fully saturated rings. The fourth-order valence-corrected chi connectivity index (χ4v) is 2.19. The lowest BCUT2D eigenvalue weighted by Crippen LogP contribution is -2.15. The molecule has 0 unspecified atom stereocenters. The van der Waals surface area contributed by atoms with Crippen molar-refractivity contribution in [1.29, 1.82) is 0 Å². The maximum absolute atomic E-state index is 11.3. The molecule has 6 nitrogen and oxygen atoms in total. The number of rotatable bonds is 2. The van der Waals surface area contributed by atoms with Gasteiger partial charge in [0.1, 0.15) is 0 Å². The van der Waals surface area contributed by atoms with E-state index in [2.05, 4.69) is 21.5 Å². The molecule has 1 aliphatic heterocycles. The average Bonchev–Trinajstić information content (AvgIpc) is 2.81. The smallest absolute Gasteiger partial charge is 0.414 e. The summed E-state index contributed by atoms with van der Waals surface area (Å²) in [5.41, 5.74) is 2.32. The number of nitrogens with zero attached hydrogens (tertiary/aromatic N) is 3. The van der Waals surface area contributed by atoms with Gasteiger partial charge >= 0.3 is 6.09 Å². The highest BCUT2D eigenvalue weighted by Gasteiger charge is 2.20. The Morgan fingerprint density at radius 1 is 1.47 bits per heavy atom. The van der Waals surface area contributed by atoms with Gasteiger partial charge in [-0.25, -0.2) is 9.48 Å². The van der Waals surface area contributed by atoms with Crippen LogP contribution in [-0.4, -0.2) is 27.5 Å². The molecule has 2 heterocycles. The number of aryl methyl sites for hydroxylation is 2. The molecule has 0 atom stereocenters. The summed E-state index contributed by atoms with van der Waals surface area (Å²) in [7, 11) is 0.